The van der Waals surface area contributed by atoms with Crippen molar-refractivity contribution in [3.63, 3.8) is 0 Å². The van der Waals surface area contributed by atoms with Gasteiger partial charge in [-0.1, -0.05) is 58.0 Å². The van der Waals surface area contributed by atoms with Crippen molar-refractivity contribution in [2.75, 3.05) is 0 Å². The molecule has 1 saturated heterocycles. The highest BCUT2D eigenvalue weighted by molar-refractivity contribution is 5.97. The number of benzene rings is 1. The Balaban J connectivity index is 1.59. The number of carbonyl (C=O) groups excluding carboxylic acids is 4. The average Bonchev–Trinajstić information content (AvgIpc) is 3.56. The first kappa shape index (κ1) is 23.8. The fourth-order valence-corrected chi connectivity index (χ4v) is 3.77. The number of nitrogens with one attached hydrogen (secondary N) is 2. The van der Waals surface area contributed by atoms with Gasteiger partial charge in [0.1, 0.15) is 24.6 Å². The maximum Gasteiger partial charge on any atom is 0.329 e. The van der Waals surface area contributed by atoms with Gasteiger partial charge in [-0.05, 0) is 36.2 Å². The third-order valence-electron chi connectivity index (χ3n) is 5.92. The fraction of sp³-hybridized carbons (Fsp3) is 0.583. The van der Waals surface area contributed by atoms with Crippen molar-refractivity contribution in [1.29, 1.82) is 0 Å². The summed E-state index contributed by atoms with van der Waals surface area (Å²) in [4.78, 5) is 50.0. The number of hydrogen-bond acceptors (Lipinski definition) is 6. The minimum absolute atomic E-state index is 0.110. The lowest BCUT2D eigenvalue weighted by atomic mass is 9.90. The van der Waals surface area contributed by atoms with Gasteiger partial charge < -0.3 is 20.1 Å². The minimum Gasteiger partial charge on any atom is -0.459 e. The zero-order valence-electron chi connectivity index (χ0n) is 19.0. The summed E-state index contributed by atoms with van der Waals surface area (Å²) >= 11 is 0. The minimum atomic E-state index is -0.871. The quantitative estimate of drug-likeness (QED) is 0.534. The van der Waals surface area contributed by atoms with E-state index in [0.29, 0.717) is 0 Å². The molecule has 0 bridgehead atoms. The second-order valence-electron chi connectivity index (χ2n) is 9.27. The summed E-state index contributed by atoms with van der Waals surface area (Å²) in [5, 5.41) is 5.45. The SMILES string of the molecule is CC(C)C(NC(=O)C1OC(=O)C1C1CC1)C(=O)NC(C(=O)OCc1ccccc1)C(C)C. The van der Waals surface area contributed by atoms with Crippen LogP contribution in [0.5, 0.6) is 0 Å². The number of carbonyl (C=O) groups is 4. The second kappa shape index (κ2) is 10.1. The Morgan fingerprint density at radius 1 is 1.00 bits per heavy atom. The summed E-state index contributed by atoms with van der Waals surface area (Å²) in [5.41, 5.74) is 0.849. The molecule has 0 aromatic heterocycles. The van der Waals surface area contributed by atoms with Crippen molar-refractivity contribution >= 4 is 23.8 Å². The summed E-state index contributed by atoms with van der Waals surface area (Å²) in [6, 6.07) is 7.56. The molecular formula is C24H32N2O6. The van der Waals surface area contributed by atoms with Crippen LogP contribution in [0.25, 0.3) is 0 Å². The molecule has 32 heavy (non-hydrogen) atoms. The summed E-state index contributed by atoms with van der Waals surface area (Å²) in [5.74, 6) is -2.49. The van der Waals surface area contributed by atoms with Crippen molar-refractivity contribution in [2.24, 2.45) is 23.7 Å². The lowest BCUT2D eigenvalue weighted by molar-refractivity contribution is -0.191. The number of rotatable bonds is 10. The molecule has 2 amide bonds. The Morgan fingerprint density at radius 2 is 1.62 bits per heavy atom. The van der Waals surface area contributed by atoms with E-state index in [2.05, 4.69) is 10.6 Å². The van der Waals surface area contributed by atoms with E-state index in [9.17, 15) is 19.2 Å². The highest BCUT2D eigenvalue weighted by Gasteiger charge is 2.55. The molecule has 3 rings (SSSR count). The molecule has 8 heteroatoms. The Kier molecular flexibility index (Phi) is 7.53. The van der Waals surface area contributed by atoms with Gasteiger partial charge in [0.25, 0.3) is 5.91 Å². The molecule has 2 fully saturated rings. The van der Waals surface area contributed by atoms with Gasteiger partial charge in [0.05, 0.1) is 0 Å². The first-order chi connectivity index (χ1) is 15.2. The Bertz CT molecular complexity index is 849. The van der Waals surface area contributed by atoms with E-state index >= 15 is 0 Å². The van der Waals surface area contributed by atoms with E-state index in [1.54, 1.807) is 13.8 Å². The predicted molar refractivity (Wildman–Crippen MR) is 116 cm³/mol. The normalized spacial score (nSPS) is 21.9. The molecule has 4 atom stereocenters. The third kappa shape index (κ3) is 5.66. The van der Waals surface area contributed by atoms with E-state index in [4.69, 9.17) is 9.47 Å². The number of hydrogen-bond donors (Lipinski definition) is 2. The van der Waals surface area contributed by atoms with Crippen LogP contribution in [0.4, 0.5) is 0 Å². The van der Waals surface area contributed by atoms with Crippen LogP contribution in [-0.4, -0.2) is 41.9 Å². The molecule has 1 heterocycles. The molecule has 1 aliphatic heterocycles. The fourth-order valence-electron chi connectivity index (χ4n) is 3.77. The van der Waals surface area contributed by atoms with Crippen molar-refractivity contribution in [3.8, 4) is 0 Å². The van der Waals surface area contributed by atoms with Crippen molar-refractivity contribution in [1.82, 2.24) is 10.6 Å². The van der Waals surface area contributed by atoms with Crippen LogP contribution in [0.3, 0.4) is 0 Å². The molecule has 2 aliphatic rings. The topological polar surface area (TPSA) is 111 Å². The number of cyclic esters (lactones) is 1. The molecular weight excluding hydrogens is 412 g/mol. The van der Waals surface area contributed by atoms with E-state index in [0.717, 1.165) is 18.4 Å². The molecule has 174 valence electrons. The van der Waals surface area contributed by atoms with Crippen molar-refractivity contribution in [3.05, 3.63) is 35.9 Å². The lowest BCUT2D eigenvalue weighted by Gasteiger charge is -2.35. The van der Waals surface area contributed by atoms with Gasteiger partial charge in [-0.3, -0.25) is 14.4 Å². The van der Waals surface area contributed by atoms with Gasteiger partial charge in [-0.15, -0.1) is 0 Å². The van der Waals surface area contributed by atoms with E-state index in [1.807, 2.05) is 44.2 Å². The van der Waals surface area contributed by atoms with Gasteiger partial charge in [0.2, 0.25) is 5.91 Å². The van der Waals surface area contributed by atoms with Crippen LogP contribution in [0, 0.1) is 23.7 Å². The maximum atomic E-state index is 13.0. The smallest absolute Gasteiger partial charge is 0.329 e. The monoisotopic (exact) mass is 444 g/mol. The Labute approximate surface area is 188 Å². The van der Waals surface area contributed by atoms with Crippen LogP contribution in [0.15, 0.2) is 30.3 Å². The second-order valence-corrected chi connectivity index (χ2v) is 9.27. The first-order valence-electron chi connectivity index (χ1n) is 11.2. The van der Waals surface area contributed by atoms with Crippen LogP contribution >= 0.6 is 0 Å². The Hall–Kier alpha value is -2.90. The van der Waals surface area contributed by atoms with Crippen LogP contribution in [0.2, 0.25) is 0 Å². The summed E-state index contributed by atoms with van der Waals surface area (Å²) < 4.78 is 10.4. The standard InChI is InChI=1S/C24H32N2O6/c1-13(2)18(25-22(28)20-17(16-10-11-16)23(29)32-20)21(27)26-19(14(3)4)24(30)31-12-15-8-6-5-7-9-15/h5-9,13-14,16-20H,10-12H2,1-4H3,(H,25,28)(H,26,27). The van der Waals surface area contributed by atoms with Crippen molar-refractivity contribution < 1.29 is 28.7 Å². The highest BCUT2D eigenvalue weighted by atomic mass is 16.6. The molecule has 8 nitrogen and oxygen atoms in total. The molecule has 4 unspecified atom stereocenters. The van der Waals surface area contributed by atoms with Crippen LogP contribution < -0.4 is 10.6 Å². The molecule has 1 saturated carbocycles. The highest BCUT2D eigenvalue weighted by Crippen LogP contribution is 2.44. The van der Waals surface area contributed by atoms with E-state index in [1.165, 1.54) is 0 Å². The average molecular weight is 445 g/mol. The number of amides is 2. The number of esters is 2. The van der Waals surface area contributed by atoms with E-state index < -0.39 is 41.9 Å². The lowest BCUT2D eigenvalue weighted by Crippen LogP contribution is -2.60. The zero-order chi connectivity index (χ0) is 23.4. The molecule has 0 radical (unpaired) electrons. The maximum absolute atomic E-state index is 13.0. The molecule has 0 spiro atoms. The van der Waals surface area contributed by atoms with Crippen LogP contribution in [0.1, 0.15) is 46.1 Å². The largest absolute Gasteiger partial charge is 0.459 e. The van der Waals surface area contributed by atoms with E-state index in [-0.39, 0.29) is 30.3 Å². The summed E-state index contributed by atoms with van der Waals surface area (Å²) in [6.07, 6.45) is 0.984. The summed E-state index contributed by atoms with van der Waals surface area (Å²) in [7, 11) is 0. The van der Waals surface area contributed by atoms with Gasteiger partial charge in [-0.25, -0.2) is 4.79 Å². The molecule has 1 aromatic carbocycles. The zero-order valence-corrected chi connectivity index (χ0v) is 19.0. The van der Waals surface area contributed by atoms with Gasteiger partial charge in [0, 0.05) is 0 Å². The van der Waals surface area contributed by atoms with Gasteiger partial charge in [0.15, 0.2) is 6.10 Å². The van der Waals surface area contributed by atoms with Gasteiger partial charge in [-0.2, -0.15) is 0 Å². The third-order valence-corrected chi connectivity index (χ3v) is 5.92. The first-order valence-corrected chi connectivity index (χ1v) is 11.2. The van der Waals surface area contributed by atoms with Gasteiger partial charge >= 0.3 is 11.9 Å². The predicted octanol–water partition coefficient (Wildman–Crippen LogP) is 1.96. The van der Waals surface area contributed by atoms with Crippen molar-refractivity contribution in [2.45, 2.75) is 65.3 Å². The number of ether oxygens (including phenoxy) is 2. The van der Waals surface area contributed by atoms with Crippen LogP contribution in [-0.2, 0) is 35.3 Å². The summed E-state index contributed by atoms with van der Waals surface area (Å²) in [6.45, 7) is 7.33. The Morgan fingerprint density at radius 3 is 2.16 bits per heavy atom. The molecule has 1 aromatic rings. The molecule has 2 N–H and O–H groups in total. The molecule has 1 aliphatic carbocycles.